The quantitative estimate of drug-likeness (QED) is 0.574. The first-order valence-corrected chi connectivity index (χ1v) is 8.01. The van der Waals surface area contributed by atoms with E-state index in [-0.39, 0.29) is 18.4 Å². The van der Waals surface area contributed by atoms with Gasteiger partial charge in [-0.3, -0.25) is 4.79 Å². The fourth-order valence-electron chi connectivity index (χ4n) is 1.95. The van der Waals surface area contributed by atoms with E-state index < -0.39 is 17.2 Å². The summed E-state index contributed by atoms with van der Waals surface area (Å²) in [5.41, 5.74) is -2.73. The Morgan fingerprint density at radius 1 is 1.09 bits per heavy atom. The lowest BCUT2D eigenvalue weighted by Crippen LogP contribution is -2.40. The molecule has 6 heteroatoms. The van der Waals surface area contributed by atoms with Crippen LogP contribution >= 0.6 is 0 Å². The van der Waals surface area contributed by atoms with Crippen molar-refractivity contribution in [1.29, 1.82) is 0 Å². The Kier molecular flexibility index (Phi) is 8.18. The van der Waals surface area contributed by atoms with E-state index in [1.807, 2.05) is 32.7 Å². The summed E-state index contributed by atoms with van der Waals surface area (Å²) < 4.78 is 24.1. The van der Waals surface area contributed by atoms with Crippen molar-refractivity contribution in [1.82, 2.24) is 4.90 Å². The van der Waals surface area contributed by atoms with Gasteiger partial charge in [-0.2, -0.15) is 0 Å². The van der Waals surface area contributed by atoms with Crippen LogP contribution in [-0.4, -0.2) is 54.3 Å². The monoisotopic (exact) mass is 333 g/mol. The Hall–Kier alpha value is -1.17. The van der Waals surface area contributed by atoms with E-state index in [1.54, 1.807) is 20.8 Å². The Bertz CT molecular complexity index is 387. The largest absolute Gasteiger partial charge is 0.462 e. The number of hydrogen-bond acceptors (Lipinski definition) is 5. The molecule has 0 aromatic carbocycles. The van der Waals surface area contributed by atoms with Crippen LogP contribution in [0, 0.1) is 0 Å². The summed E-state index contributed by atoms with van der Waals surface area (Å²) in [6, 6.07) is 0. The van der Waals surface area contributed by atoms with Crippen LogP contribution in [0.1, 0.15) is 60.8 Å². The molecule has 0 radical (unpaired) electrons. The molecule has 0 spiro atoms. The van der Waals surface area contributed by atoms with Gasteiger partial charge < -0.3 is 14.4 Å². The van der Waals surface area contributed by atoms with Crippen molar-refractivity contribution in [3.8, 4) is 0 Å². The molecule has 0 N–H and O–H groups in total. The Morgan fingerprint density at radius 3 is 2.04 bits per heavy atom. The van der Waals surface area contributed by atoms with Gasteiger partial charge in [-0.05, 0) is 68.0 Å². The zero-order chi connectivity index (χ0) is 18.3. The number of halogens is 1. The number of rotatable bonds is 2. The first-order valence-electron chi connectivity index (χ1n) is 8.01. The van der Waals surface area contributed by atoms with Crippen LogP contribution in [-0.2, 0) is 19.1 Å². The van der Waals surface area contributed by atoms with Gasteiger partial charge in [-0.1, -0.05) is 0 Å². The minimum atomic E-state index is -1.79. The molecule has 0 aliphatic carbocycles. The second-order valence-corrected chi connectivity index (χ2v) is 7.95. The number of nitrogens with zero attached hydrogens (tertiary/aromatic N) is 1. The van der Waals surface area contributed by atoms with Crippen molar-refractivity contribution >= 4 is 12.4 Å². The maximum atomic E-state index is 14.4. The van der Waals surface area contributed by atoms with Crippen LogP contribution in [0.4, 0.5) is 4.39 Å². The number of likely N-dealkylation sites (tertiary alicyclic amines) is 1. The summed E-state index contributed by atoms with van der Waals surface area (Å²) in [5.74, 6) is -0.699. The molecule has 0 aromatic rings. The van der Waals surface area contributed by atoms with Crippen molar-refractivity contribution in [2.24, 2.45) is 0 Å². The second-order valence-electron chi connectivity index (χ2n) is 7.95. The van der Waals surface area contributed by atoms with Crippen molar-refractivity contribution in [2.75, 3.05) is 20.1 Å². The van der Waals surface area contributed by atoms with E-state index in [4.69, 9.17) is 4.74 Å². The summed E-state index contributed by atoms with van der Waals surface area (Å²) >= 11 is 0. The van der Waals surface area contributed by atoms with Crippen LogP contribution < -0.4 is 0 Å². The lowest BCUT2D eigenvalue weighted by molar-refractivity contribution is -0.170. The Labute approximate surface area is 139 Å². The van der Waals surface area contributed by atoms with Gasteiger partial charge in [0, 0.05) is 13.0 Å². The summed E-state index contributed by atoms with van der Waals surface area (Å²) in [6.07, 6.45) is 1.21. The molecule has 1 unspecified atom stereocenters. The Morgan fingerprint density at radius 2 is 1.65 bits per heavy atom. The average molecular weight is 333 g/mol. The standard InChI is InChI=1S/C12H22FNO2.C5H10O2/c1-11(2,3)16-10(15)12(13)6-5-8-14(4)9-7-12;1-5(2,3)7-4-6/h5-9H2,1-4H3;4H,1-3H3. The second kappa shape index (κ2) is 8.62. The highest BCUT2D eigenvalue weighted by Gasteiger charge is 2.42. The van der Waals surface area contributed by atoms with Crippen LogP contribution in [0.5, 0.6) is 0 Å². The van der Waals surface area contributed by atoms with Crippen LogP contribution in [0.15, 0.2) is 0 Å². The molecule has 0 saturated carbocycles. The number of alkyl halides is 1. The van der Waals surface area contributed by atoms with Gasteiger partial charge in [0.15, 0.2) is 0 Å². The van der Waals surface area contributed by atoms with Gasteiger partial charge in [0.05, 0.1) is 0 Å². The topological polar surface area (TPSA) is 55.8 Å². The highest BCUT2D eigenvalue weighted by molar-refractivity contribution is 5.79. The fourth-order valence-corrected chi connectivity index (χ4v) is 1.95. The zero-order valence-corrected chi connectivity index (χ0v) is 15.6. The van der Waals surface area contributed by atoms with Crippen LogP contribution in [0.2, 0.25) is 0 Å². The zero-order valence-electron chi connectivity index (χ0n) is 15.6. The molecule has 1 aliphatic heterocycles. The van der Waals surface area contributed by atoms with Crippen LogP contribution in [0.25, 0.3) is 0 Å². The molecule has 0 aromatic heterocycles. The first kappa shape index (κ1) is 21.8. The molecular weight excluding hydrogens is 301 g/mol. The lowest BCUT2D eigenvalue weighted by atomic mass is 9.97. The third-order valence-electron chi connectivity index (χ3n) is 3.17. The normalized spacial score (nSPS) is 23.1. The van der Waals surface area contributed by atoms with Crippen molar-refractivity contribution < 1.29 is 23.5 Å². The molecule has 1 aliphatic rings. The van der Waals surface area contributed by atoms with Gasteiger partial charge >= 0.3 is 5.97 Å². The van der Waals surface area contributed by atoms with E-state index >= 15 is 0 Å². The van der Waals surface area contributed by atoms with E-state index in [0.29, 0.717) is 19.4 Å². The van der Waals surface area contributed by atoms with Crippen molar-refractivity contribution in [3.63, 3.8) is 0 Å². The molecular formula is C17H32FNO4. The molecule has 1 heterocycles. The maximum absolute atomic E-state index is 14.4. The van der Waals surface area contributed by atoms with Gasteiger partial charge in [-0.25, -0.2) is 9.18 Å². The fraction of sp³-hybridized carbons (Fsp3) is 0.882. The summed E-state index contributed by atoms with van der Waals surface area (Å²) in [6.45, 7) is 12.7. The Balaban J connectivity index is 0.000000585. The van der Waals surface area contributed by atoms with Crippen LogP contribution in [0.3, 0.4) is 0 Å². The van der Waals surface area contributed by atoms with E-state index in [1.165, 1.54) is 0 Å². The first-order chi connectivity index (χ1) is 10.3. The predicted molar refractivity (Wildman–Crippen MR) is 87.9 cm³/mol. The smallest absolute Gasteiger partial charge is 0.344 e. The number of esters is 1. The predicted octanol–water partition coefficient (Wildman–Crippen LogP) is 3.11. The summed E-state index contributed by atoms with van der Waals surface area (Å²) in [7, 11) is 1.95. The molecule has 0 amide bonds. The van der Waals surface area contributed by atoms with E-state index in [0.717, 1.165) is 6.54 Å². The van der Waals surface area contributed by atoms with E-state index in [2.05, 4.69) is 4.74 Å². The molecule has 1 saturated heterocycles. The number of hydrogen-bond donors (Lipinski definition) is 0. The number of carbonyl (C=O) groups excluding carboxylic acids is 2. The molecule has 5 nitrogen and oxygen atoms in total. The highest BCUT2D eigenvalue weighted by atomic mass is 19.1. The SMILES string of the molecule is CC(C)(C)OC=O.CN1CCCC(F)(C(=O)OC(C)(C)C)CC1. The summed E-state index contributed by atoms with van der Waals surface area (Å²) in [5, 5.41) is 0. The third-order valence-corrected chi connectivity index (χ3v) is 3.17. The van der Waals surface area contributed by atoms with Gasteiger partial charge in [-0.15, -0.1) is 0 Å². The third kappa shape index (κ3) is 10.3. The van der Waals surface area contributed by atoms with Crippen molar-refractivity contribution in [2.45, 2.75) is 77.7 Å². The number of ether oxygens (including phenoxy) is 2. The highest BCUT2D eigenvalue weighted by Crippen LogP contribution is 2.29. The van der Waals surface area contributed by atoms with Gasteiger partial charge in [0.2, 0.25) is 5.67 Å². The molecule has 23 heavy (non-hydrogen) atoms. The molecule has 1 rings (SSSR count). The van der Waals surface area contributed by atoms with Crippen molar-refractivity contribution in [3.05, 3.63) is 0 Å². The molecule has 1 atom stereocenters. The maximum Gasteiger partial charge on any atom is 0.344 e. The minimum absolute atomic E-state index is 0.235. The lowest BCUT2D eigenvalue weighted by Gasteiger charge is -2.27. The van der Waals surface area contributed by atoms with Gasteiger partial charge in [0.25, 0.3) is 6.47 Å². The molecule has 1 fully saturated rings. The van der Waals surface area contributed by atoms with Gasteiger partial charge in [0.1, 0.15) is 11.2 Å². The molecule has 136 valence electrons. The summed E-state index contributed by atoms with van der Waals surface area (Å²) in [4.78, 5) is 23.4. The van der Waals surface area contributed by atoms with E-state index in [9.17, 15) is 14.0 Å². The average Bonchev–Trinajstić information content (AvgIpc) is 2.50. The minimum Gasteiger partial charge on any atom is -0.462 e. The molecule has 0 bridgehead atoms. The number of carbonyl (C=O) groups is 2.